The van der Waals surface area contributed by atoms with Crippen LogP contribution in [0.5, 0.6) is 0 Å². The molecule has 2 atom stereocenters. The summed E-state index contributed by atoms with van der Waals surface area (Å²) in [6.45, 7) is 2.87. The second kappa shape index (κ2) is 5.52. The standard InChI is InChI=1S/C14H16F5N3/c1-8(7-20)4-6-22-10-3-5-13(15,16)9(2)11(10)12(21-22)14(17,18)19/h8-9H,3-6H2,1-2H3/t8?,9-/m0/s1. The fourth-order valence-corrected chi connectivity index (χ4v) is 2.72. The SMILES string of the molecule is CC(C#N)CCn1nc(C(F)(F)F)c2c1CCC(F)(F)[C@H]2C. The molecular weight excluding hydrogens is 305 g/mol. The first kappa shape index (κ1) is 16.7. The monoisotopic (exact) mass is 321 g/mol. The van der Waals surface area contributed by atoms with E-state index in [2.05, 4.69) is 5.10 Å². The first-order chi connectivity index (χ1) is 10.1. The molecule has 3 nitrogen and oxygen atoms in total. The number of aryl methyl sites for hydroxylation is 1. The van der Waals surface area contributed by atoms with Crippen molar-refractivity contribution in [3.8, 4) is 6.07 Å². The Morgan fingerprint density at radius 1 is 1.45 bits per heavy atom. The maximum Gasteiger partial charge on any atom is 0.435 e. The molecule has 1 aliphatic rings. The van der Waals surface area contributed by atoms with Crippen LogP contribution in [0.3, 0.4) is 0 Å². The van der Waals surface area contributed by atoms with Gasteiger partial charge in [-0.1, -0.05) is 6.92 Å². The second-order valence-electron chi connectivity index (χ2n) is 5.73. The smallest absolute Gasteiger partial charge is 0.269 e. The van der Waals surface area contributed by atoms with Crippen molar-refractivity contribution in [2.45, 2.75) is 57.7 Å². The number of halogens is 5. The molecule has 0 saturated carbocycles. The molecular formula is C14H16F5N3. The first-order valence-electron chi connectivity index (χ1n) is 7.02. The van der Waals surface area contributed by atoms with Gasteiger partial charge in [0.15, 0.2) is 5.69 Å². The molecule has 1 aromatic heterocycles. The Balaban J connectivity index is 2.45. The summed E-state index contributed by atoms with van der Waals surface area (Å²) < 4.78 is 68.0. The molecule has 1 aromatic rings. The Kier molecular flexibility index (Phi) is 4.20. The lowest BCUT2D eigenvalue weighted by molar-refractivity contribution is -0.143. The summed E-state index contributed by atoms with van der Waals surface area (Å²) in [5.41, 5.74) is -1.40. The van der Waals surface area contributed by atoms with Crippen LogP contribution in [-0.4, -0.2) is 15.7 Å². The van der Waals surface area contributed by atoms with E-state index in [-0.39, 0.29) is 24.6 Å². The maximum atomic E-state index is 13.8. The molecule has 0 aromatic carbocycles. The number of nitriles is 1. The largest absolute Gasteiger partial charge is 0.435 e. The molecule has 1 heterocycles. The summed E-state index contributed by atoms with van der Waals surface area (Å²) in [7, 11) is 0. The Morgan fingerprint density at radius 3 is 2.64 bits per heavy atom. The first-order valence-corrected chi connectivity index (χ1v) is 7.02. The summed E-state index contributed by atoms with van der Waals surface area (Å²) >= 11 is 0. The minimum absolute atomic E-state index is 0.116. The third-order valence-electron chi connectivity index (χ3n) is 4.12. The van der Waals surface area contributed by atoms with E-state index in [0.717, 1.165) is 11.6 Å². The van der Waals surface area contributed by atoms with Crippen molar-refractivity contribution in [1.82, 2.24) is 9.78 Å². The van der Waals surface area contributed by atoms with Gasteiger partial charge < -0.3 is 0 Å². The van der Waals surface area contributed by atoms with E-state index in [1.165, 1.54) is 0 Å². The molecule has 22 heavy (non-hydrogen) atoms. The minimum atomic E-state index is -4.77. The lowest BCUT2D eigenvalue weighted by Crippen LogP contribution is -2.31. The lowest BCUT2D eigenvalue weighted by atomic mass is 9.83. The highest BCUT2D eigenvalue weighted by Crippen LogP contribution is 2.47. The average molecular weight is 321 g/mol. The van der Waals surface area contributed by atoms with Crippen LogP contribution in [0, 0.1) is 17.2 Å². The summed E-state index contributed by atoms with van der Waals surface area (Å²) in [5, 5.41) is 12.3. The quantitative estimate of drug-likeness (QED) is 0.785. The van der Waals surface area contributed by atoms with Crippen LogP contribution in [-0.2, 0) is 19.1 Å². The molecule has 0 bridgehead atoms. The van der Waals surface area contributed by atoms with E-state index < -0.39 is 35.7 Å². The van der Waals surface area contributed by atoms with Gasteiger partial charge in [0.05, 0.1) is 6.07 Å². The number of hydrogen-bond acceptors (Lipinski definition) is 2. The molecule has 2 rings (SSSR count). The maximum absolute atomic E-state index is 13.8. The van der Waals surface area contributed by atoms with Gasteiger partial charge in [0, 0.05) is 36.1 Å². The molecule has 0 fully saturated rings. The van der Waals surface area contributed by atoms with E-state index in [4.69, 9.17) is 5.26 Å². The molecule has 0 saturated heterocycles. The highest BCUT2D eigenvalue weighted by atomic mass is 19.4. The van der Waals surface area contributed by atoms with Crippen molar-refractivity contribution in [3.05, 3.63) is 17.0 Å². The Labute approximate surface area is 124 Å². The molecule has 0 N–H and O–H groups in total. The van der Waals surface area contributed by atoms with Gasteiger partial charge in [-0.2, -0.15) is 23.5 Å². The zero-order valence-corrected chi connectivity index (χ0v) is 12.2. The summed E-state index contributed by atoms with van der Waals surface area (Å²) in [6.07, 6.45) is -5.07. The summed E-state index contributed by atoms with van der Waals surface area (Å²) in [5.74, 6) is -5.02. The number of alkyl halides is 5. The van der Waals surface area contributed by atoms with Crippen molar-refractivity contribution < 1.29 is 22.0 Å². The molecule has 0 aliphatic heterocycles. The molecule has 0 spiro atoms. The van der Waals surface area contributed by atoms with Gasteiger partial charge in [-0.05, 0) is 19.8 Å². The summed E-state index contributed by atoms with van der Waals surface area (Å²) in [6, 6.07) is 1.99. The number of fused-ring (bicyclic) bond motifs is 1. The van der Waals surface area contributed by atoms with Crippen molar-refractivity contribution >= 4 is 0 Å². The Morgan fingerprint density at radius 2 is 2.09 bits per heavy atom. The van der Waals surface area contributed by atoms with Crippen LogP contribution in [0.25, 0.3) is 0 Å². The molecule has 8 heteroatoms. The van der Waals surface area contributed by atoms with Crippen molar-refractivity contribution in [2.24, 2.45) is 5.92 Å². The van der Waals surface area contributed by atoms with Crippen LogP contribution < -0.4 is 0 Å². The van der Waals surface area contributed by atoms with E-state index in [1.54, 1.807) is 6.92 Å². The van der Waals surface area contributed by atoms with Gasteiger partial charge in [-0.3, -0.25) is 4.68 Å². The molecule has 122 valence electrons. The van der Waals surface area contributed by atoms with E-state index in [0.29, 0.717) is 6.42 Å². The molecule has 1 unspecified atom stereocenters. The third-order valence-corrected chi connectivity index (χ3v) is 4.12. The predicted molar refractivity (Wildman–Crippen MR) is 68.3 cm³/mol. The van der Waals surface area contributed by atoms with Crippen LogP contribution in [0.1, 0.15) is 49.6 Å². The fraction of sp³-hybridized carbons (Fsp3) is 0.714. The Bertz CT molecular complexity index is 597. The van der Waals surface area contributed by atoms with Crippen molar-refractivity contribution in [3.63, 3.8) is 0 Å². The van der Waals surface area contributed by atoms with Gasteiger partial charge in [0.1, 0.15) is 0 Å². The minimum Gasteiger partial charge on any atom is -0.269 e. The number of hydrogen-bond donors (Lipinski definition) is 0. The zero-order valence-electron chi connectivity index (χ0n) is 12.2. The van der Waals surface area contributed by atoms with Gasteiger partial charge in [0.25, 0.3) is 5.92 Å². The lowest BCUT2D eigenvalue weighted by Gasteiger charge is -2.30. The number of nitrogens with zero attached hydrogens (tertiary/aromatic N) is 3. The second-order valence-corrected chi connectivity index (χ2v) is 5.73. The topological polar surface area (TPSA) is 41.6 Å². The van der Waals surface area contributed by atoms with Crippen LogP contribution >= 0.6 is 0 Å². The van der Waals surface area contributed by atoms with E-state index in [1.807, 2.05) is 6.07 Å². The Hall–Kier alpha value is -1.65. The molecule has 0 radical (unpaired) electrons. The number of aromatic nitrogens is 2. The average Bonchev–Trinajstić information content (AvgIpc) is 2.79. The zero-order chi connectivity index (χ0) is 16.7. The van der Waals surface area contributed by atoms with E-state index >= 15 is 0 Å². The van der Waals surface area contributed by atoms with Gasteiger partial charge in [-0.15, -0.1) is 0 Å². The normalized spacial score (nSPS) is 22.0. The van der Waals surface area contributed by atoms with Gasteiger partial charge in [-0.25, -0.2) is 8.78 Å². The van der Waals surface area contributed by atoms with Crippen molar-refractivity contribution in [2.75, 3.05) is 0 Å². The van der Waals surface area contributed by atoms with E-state index in [9.17, 15) is 22.0 Å². The van der Waals surface area contributed by atoms with Gasteiger partial charge in [0.2, 0.25) is 0 Å². The highest BCUT2D eigenvalue weighted by Gasteiger charge is 2.49. The molecule has 0 amide bonds. The van der Waals surface area contributed by atoms with Crippen LogP contribution in [0.2, 0.25) is 0 Å². The van der Waals surface area contributed by atoms with Crippen molar-refractivity contribution in [1.29, 1.82) is 5.26 Å². The number of rotatable bonds is 3. The van der Waals surface area contributed by atoms with Gasteiger partial charge >= 0.3 is 6.18 Å². The highest BCUT2D eigenvalue weighted by molar-refractivity contribution is 5.36. The predicted octanol–water partition coefficient (Wildman–Crippen LogP) is 4.14. The summed E-state index contributed by atoms with van der Waals surface area (Å²) in [4.78, 5) is 0. The third kappa shape index (κ3) is 2.94. The fourth-order valence-electron chi connectivity index (χ4n) is 2.72. The van der Waals surface area contributed by atoms with Crippen LogP contribution in [0.15, 0.2) is 0 Å². The van der Waals surface area contributed by atoms with Crippen LogP contribution in [0.4, 0.5) is 22.0 Å². The molecule has 1 aliphatic carbocycles.